The molecule has 1 saturated carbocycles. The predicted octanol–water partition coefficient (Wildman–Crippen LogP) is 6.38. The van der Waals surface area contributed by atoms with Crippen molar-refractivity contribution < 1.29 is 27.5 Å². The van der Waals surface area contributed by atoms with E-state index >= 15 is 0 Å². The molecular weight excluding hydrogens is 669 g/mol. The average Bonchev–Trinajstić information content (AvgIpc) is 3.92. The number of fused-ring (bicyclic) bond motifs is 1. The third kappa shape index (κ3) is 8.11. The predicted molar refractivity (Wildman–Crippen MR) is 200 cm³/mol. The number of benzene rings is 3. The monoisotopic (exact) mass is 714 g/mol. The number of aromatic nitrogens is 1. The molecule has 1 saturated heterocycles. The van der Waals surface area contributed by atoms with E-state index in [1.165, 1.54) is 19.0 Å². The van der Waals surface area contributed by atoms with E-state index < -0.39 is 27.4 Å². The molecule has 3 aromatic carbocycles. The maximum Gasteiger partial charge on any atom is 0.323 e. The molecule has 3 amide bonds. The molecular formula is C38H46N6O6S. The van der Waals surface area contributed by atoms with Crippen LogP contribution in [0.25, 0.3) is 21.9 Å². The SMILES string of the molecule is COc1c(NC(=O)Nc2ccc(-c3ccc(CN4CCOCC4)nc3)c3ccccc23)cc(C(C)(C)C)cc1N(N(C(C)=O)C1CC1)S(C)(=O)=O. The first-order valence-corrected chi connectivity index (χ1v) is 19.0. The highest BCUT2D eigenvalue weighted by molar-refractivity contribution is 7.92. The van der Waals surface area contributed by atoms with Gasteiger partial charge in [-0.05, 0) is 59.0 Å². The van der Waals surface area contributed by atoms with E-state index in [0.717, 1.165) is 76.7 Å². The number of hydrogen-bond acceptors (Lipinski definition) is 8. The van der Waals surface area contributed by atoms with Crippen LogP contribution < -0.4 is 19.8 Å². The van der Waals surface area contributed by atoms with Crippen LogP contribution in [0.15, 0.2) is 66.9 Å². The van der Waals surface area contributed by atoms with Crippen molar-refractivity contribution in [1.29, 1.82) is 0 Å². The number of urea groups is 1. The molecule has 270 valence electrons. The number of hydrazine groups is 1. The zero-order valence-electron chi connectivity index (χ0n) is 30.0. The van der Waals surface area contributed by atoms with Crippen molar-refractivity contribution in [2.24, 2.45) is 0 Å². The summed E-state index contributed by atoms with van der Waals surface area (Å²) in [5.41, 5.74) is 4.22. The van der Waals surface area contributed by atoms with Gasteiger partial charge >= 0.3 is 6.03 Å². The second-order valence-corrected chi connectivity index (χ2v) is 16.0. The van der Waals surface area contributed by atoms with Crippen LogP contribution in [0.5, 0.6) is 5.75 Å². The van der Waals surface area contributed by atoms with E-state index in [1.807, 2.05) is 63.4 Å². The summed E-state index contributed by atoms with van der Waals surface area (Å²) in [4.78, 5) is 33.7. The molecule has 1 aliphatic carbocycles. The van der Waals surface area contributed by atoms with Crippen LogP contribution in [0.4, 0.5) is 21.9 Å². The number of carbonyl (C=O) groups excluding carboxylic acids is 2. The Morgan fingerprint density at radius 3 is 2.25 bits per heavy atom. The lowest BCUT2D eigenvalue weighted by Crippen LogP contribution is -2.50. The van der Waals surface area contributed by atoms with Crippen LogP contribution in [0.1, 0.15) is 51.8 Å². The van der Waals surface area contributed by atoms with E-state index in [-0.39, 0.29) is 23.2 Å². The molecule has 12 nitrogen and oxygen atoms in total. The van der Waals surface area contributed by atoms with Crippen molar-refractivity contribution >= 4 is 49.8 Å². The third-order valence-corrected chi connectivity index (χ3v) is 10.1. The lowest BCUT2D eigenvalue weighted by molar-refractivity contribution is -0.129. The Bertz CT molecular complexity index is 2040. The Morgan fingerprint density at radius 2 is 1.67 bits per heavy atom. The Kier molecular flexibility index (Phi) is 10.3. The third-order valence-electron chi connectivity index (χ3n) is 9.12. The smallest absolute Gasteiger partial charge is 0.323 e. The minimum atomic E-state index is -4.00. The topological polar surface area (TPSA) is 133 Å². The van der Waals surface area contributed by atoms with Gasteiger partial charge in [-0.1, -0.05) is 57.2 Å². The molecule has 1 aromatic heterocycles. The maximum atomic E-state index is 13.8. The molecule has 0 radical (unpaired) electrons. The van der Waals surface area contributed by atoms with Crippen molar-refractivity contribution in [3.05, 3.63) is 78.1 Å². The normalized spacial score (nSPS) is 15.3. The number of pyridine rings is 1. The van der Waals surface area contributed by atoms with Gasteiger partial charge in [-0.3, -0.25) is 14.7 Å². The quantitative estimate of drug-likeness (QED) is 0.181. The Labute approximate surface area is 299 Å². The molecule has 4 aromatic rings. The Morgan fingerprint density at radius 1 is 0.980 bits per heavy atom. The summed E-state index contributed by atoms with van der Waals surface area (Å²) < 4.78 is 38.9. The number of sulfonamides is 1. The highest BCUT2D eigenvalue weighted by Gasteiger charge is 2.41. The van der Waals surface area contributed by atoms with Gasteiger partial charge < -0.3 is 20.1 Å². The zero-order chi connectivity index (χ0) is 36.5. The first kappa shape index (κ1) is 36.1. The summed E-state index contributed by atoms with van der Waals surface area (Å²) in [5.74, 6) is -0.298. The summed E-state index contributed by atoms with van der Waals surface area (Å²) in [6.45, 7) is 11.3. The number of anilines is 3. The van der Waals surface area contributed by atoms with Crippen molar-refractivity contribution in [3.63, 3.8) is 0 Å². The molecule has 1 aliphatic heterocycles. The van der Waals surface area contributed by atoms with Crippen LogP contribution in [-0.2, 0) is 31.5 Å². The van der Waals surface area contributed by atoms with Crippen molar-refractivity contribution in [2.75, 3.05) is 54.7 Å². The number of nitrogens with zero attached hydrogens (tertiary/aromatic N) is 4. The van der Waals surface area contributed by atoms with E-state index in [1.54, 1.807) is 12.1 Å². The summed E-state index contributed by atoms with van der Waals surface area (Å²) in [6, 6.07) is 18.5. The van der Waals surface area contributed by atoms with Crippen molar-refractivity contribution in [3.8, 4) is 16.9 Å². The zero-order valence-corrected chi connectivity index (χ0v) is 30.8. The number of hydrogen-bond donors (Lipinski definition) is 2. The molecule has 2 aliphatic rings. The maximum absolute atomic E-state index is 13.8. The van der Waals surface area contributed by atoms with E-state index in [2.05, 4.69) is 27.7 Å². The van der Waals surface area contributed by atoms with Gasteiger partial charge in [0.25, 0.3) is 0 Å². The molecule has 0 bridgehead atoms. The van der Waals surface area contributed by atoms with Crippen molar-refractivity contribution in [2.45, 2.75) is 58.5 Å². The molecule has 6 rings (SSSR count). The van der Waals surface area contributed by atoms with Crippen LogP contribution in [0, 0.1) is 0 Å². The second kappa shape index (κ2) is 14.5. The van der Waals surface area contributed by atoms with Gasteiger partial charge in [0.1, 0.15) is 5.69 Å². The summed E-state index contributed by atoms with van der Waals surface area (Å²) in [7, 11) is -2.59. The first-order valence-electron chi connectivity index (χ1n) is 17.1. The Balaban J connectivity index is 1.31. The fourth-order valence-corrected chi connectivity index (χ4v) is 7.47. The van der Waals surface area contributed by atoms with Gasteiger partial charge in [0.05, 0.1) is 49.7 Å². The molecule has 13 heteroatoms. The van der Waals surface area contributed by atoms with Crippen LogP contribution >= 0.6 is 0 Å². The molecule has 2 heterocycles. The van der Waals surface area contributed by atoms with Crippen molar-refractivity contribution in [1.82, 2.24) is 14.9 Å². The fraction of sp³-hybridized carbons (Fsp3) is 0.395. The van der Waals surface area contributed by atoms with Gasteiger partial charge in [-0.15, -0.1) is 0 Å². The van der Waals surface area contributed by atoms with E-state index in [4.69, 9.17) is 14.5 Å². The number of nitrogens with one attached hydrogen (secondary N) is 2. The van der Waals surface area contributed by atoms with E-state index in [9.17, 15) is 18.0 Å². The Hall–Kier alpha value is -4.72. The number of methoxy groups -OCH3 is 1. The summed E-state index contributed by atoms with van der Waals surface area (Å²) in [5, 5.41) is 8.95. The van der Waals surface area contributed by atoms with Gasteiger partial charge in [0.15, 0.2) is 5.75 Å². The standard InChI is InChI=1S/C38H46N6O6S/c1-25(45)43(29-13-14-29)44(51(6,47)48)35-22-27(38(2,3)4)21-34(36(35)49-5)41-37(46)40-33-16-15-30(31-9-7-8-10-32(31)33)26-11-12-28(39-23-26)24-42-17-19-50-20-18-42/h7-12,15-16,21-23,29H,13-14,17-20,24H2,1-6H3,(H2,40,41,46). The minimum absolute atomic E-state index is 0.111. The second-order valence-electron chi connectivity index (χ2n) is 14.1. The van der Waals surface area contributed by atoms with Gasteiger partial charge in [0, 0.05) is 43.7 Å². The highest BCUT2D eigenvalue weighted by Crippen LogP contribution is 2.44. The van der Waals surface area contributed by atoms with Crippen LogP contribution in [0.2, 0.25) is 0 Å². The largest absolute Gasteiger partial charge is 0.492 e. The summed E-state index contributed by atoms with van der Waals surface area (Å²) in [6.07, 6.45) is 4.31. The fourth-order valence-electron chi connectivity index (χ4n) is 6.40. The summed E-state index contributed by atoms with van der Waals surface area (Å²) >= 11 is 0. The minimum Gasteiger partial charge on any atom is -0.492 e. The molecule has 51 heavy (non-hydrogen) atoms. The average molecular weight is 715 g/mol. The van der Waals surface area contributed by atoms with E-state index in [0.29, 0.717) is 18.5 Å². The molecule has 2 N–H and O–H groups in total. The molecule has 2 fully saturated rings. The lowest BCUT2D eigenvalue weighted by atomic mass is 9.86. The number of carbonyl (C=O) groups is 2. The molecule has 0 spiro atoms. The van der Waals surface area contributed by atoms with Crippen LogP contribution in [0.3, 0.4) is 0 Å². The first-order chi connectivity index (χ1) is 24.2. The van der Waals surface area contributed by atoms with Gasteiger partial charge in [-0.25, -0.2) is 18.2 Å². The van der Waals surface area contributed by atoms with Gasteiger partial charge in [-0.2, -0.15) is 4.41 Å². The lowest BCUT2D eigenvalue weighted by Gasteiger charge is -2.36. The highest BCUT2D eigenvalue weighted by atomic mass is 32.2. The number of rotatable bonds is 10. The molecule has 0 atom stereocenters. The number of amides is 3. The van der Waals surface area contributed by atoms with Gasteiger partial charge in [0.2, 0.25) is 15.9 Å². The number of ether oxygens (including phenoxy) is 2. The number of morpholine rings is 1. The van der Waals surface area contributed by atoms with Crippen LogP contribution in [-0.4, -0.2) is 81.0 Å². The molecule has 0 unspecified atom stereocenters.